The van der Waals surface area contributed by atoms with Gasteiger partial charge in [0.25, 0.3) is 0 Å². The van der Waals surface area contributed by atoms with Crippen LogP contribution < -0.4 is 5.32 Å². The smallest absolute Gasteiger partial charge is 0.223 e. The van der Waals surface area contributed by atoms with Crippen molar-refractivity contribution >= 4 is 18.3 Å². The molecule has 0 aromatic heterocycles. The quantitative estimate of drug-likeness (QED) is 0.815. The number of amides is 1. The van der Waals surface area contributed by atoms with E-state index >= 15 is 0 Å². The topological polar surface area (TPSA) is 32.3 Å². The van der Waals surface area contributed by atoms with Gasteiger partial charge in [-0.05, 0) is 87.6 Å². The molecule has 2 saturated heterocycles. The molecule has 0 aliphatic carbocycles. The lowest BCUT2D eigenvalue weighted by atomic mass is 9.83. The van der Waals surface area contributed by atoms with Crippen LogP contribution in [0.3, 0.4) is 0 Å². The van der Waals surface area contributed by atoms with Gasteiger partial charge in [0.2, 0.25) is 5.91 Å². The number of halogens is 1. The maximum atomic E-state index is 13.1. The Bertz CT molecular complexity index is 598. The normalized spacial score (nSPS) is 22.6. The third kappa shape index (κ3) is 4.80. The first kappa shape index (κ1) is 21.2. The second-order valence-corrected chi connectivity index (χ2v) is 8.16. The fourth-order valence-corrected chi connectivity index (χ4v) is 4.66. The van der Waals surface area contributed by atoms with E-state index in [4.69, 9.17) is 0 Å². The number of carbonyl (C=O) groups is 1. The van der Waals surface area contributed by atoms with Crippen LogP contribution in [-0.2, 0) is 4.79 Å². The van der Waals surface area contributed by atoms with Crippen molar-refractivity contribution in [1.82, 2.24) is 10.2 Å². The lowest BCUT2D eigenvalue weighted by Gasteiger charge is -2.38. The SMILES string of the molecule is Cc1cccc(C2CCCCN2C(=O)CC(C)C2CCNCC2)c1C.Cl. The summed E-state index contributed by atoms with van der Waals surface area (Å²) in [7, 11) is 0. The highest BCUT2D eigenvalue weighted by Gasteiger charge is 2.31. The number of benzene rings is 1. The minimum atomic E-state index is 0. The monoisotopic (exact) mass is 378 g/mol. The molecule has 26 heavy (non-hydrogen) atoms. The number of nitrogens with zero attached hydrogens (tertiary/aromatic N) is 1. The molecule has 2 aliphatic heterocycles. The first-order valence-electron chi connectivity index (χ1n) is 10.1. The molecule has 1 aromatic carbocycles. The molecule has 2 heterocycles. The van der Waals surface area contributed by atoms with Gasteiger partial charge in [-0.3, -0.25) is 4.79 Å². The largest absolute Gasteiger partial charge is 0.336 e. The molecule has 1 aromatic rings. The Balaban J connectivity index is 0.00000243. The van der Waals surface area contributed by atoms with Crippen molar-refractivity contribution < 1.29 is 4.79 Å². The van der Waals surface area contributed by atoms with Gasteiger partial charge >= 0.3 is 0 Å². The summed E-state index contributed by atoms with van der Waals surface area (Å²) in [5, 5.41) is 3.43. The van der Waals surface area contributed by atoms with E-state index in [2.05, 4.69) is 49.2 Å². The minimum Gasteiger partial charge on any atom is -0.336 e. The summed E-state index contributed by atoms with van der Waals surface area (Å²) in [6, 6.07) is 6.83. The standard InChI is InChI=1S/C22H34N2O.ClH/c1-16-7-6-8-20(18(16)3)21-9-4-5-14-24(21)22(25)15-17(2)19-10-12-23-13-11-19;/h6-8,17,19,21,23H,4-5,9-15H2,1-3H3;1H. The van der Waals surface area contributed by atoms with Crippen LogP contribution in [0, 0.1) is 25.7 Å². The Labute approximate surface area is 165 Å². The summed E-state index contributed by atoms with van der Waals surface area (Å²) < 4.78 is 0. The Morgan fingerprint density at radius 1 is 1.19 bits per heavy atom. The molecular weight excluding hydrogens is 344 g/mol. The van der Waals surface area contributed by atoms with Crippen molar-refractivity contribution in [3.05, 3.63) is 34.9 Å². The van der Waals surface area contributed by atoms with Gasteiger partial charge in [0.15, 0.2) is 0 Å². The van der Waals surface area contributed by atoms with Gasteiger partial charge < -0.3 is 10.2 Å². The highest BCUT2D eigenvalue weighted by atomic mass is 35.5. The predicted octanol–water partition coefficient (Wildman–Crippen LogP) is 4.80. The van der Waals surface area contributed by atoms with E-state index in [0.717, 1.165) is 32.5 Å². The van der Waals surface area contributed by atoms with Gasteiger partial charge in [0.05, 0.1) is 6.04 Å². The summed E-state index contributed by atoms with van der Waals surface area (Å²) in [6.45, 7) is 9.81. The Morgan fingerprint density at radius 3 is 2.65 bits per heavy atom. The Morgan fingerprint density at radius 2 is 1.92 bits per heavy atom. The van der Waals surface area contributed by atoms with Crippen LogP contribution in [0.2, 0.25) is 0 Å². The lowest BCUT2D eigenvalue weighted by Crippen LogP contribution is -2.40. The molecule has 2 fully saturated rings. The number of rotatable bonds is 4. The molecule has 0 saturated carbocycles. The molecule has 2 aliphatic rings. The fourth-order valence-electron chi connectivity index (χ4n) is 4.66. The van der Waals surface area contributed by atoms with E-state index in [1.807, 2.05) is 0 Å². The maximum absolute atomic E-state index is 13.1. The number of likely N-dealkylation sites (tertiary alicyclic amines) is 1. The van der Waals surface area contributed by atoms with Crippen LogP contribution in [0.4, 0.5) is 0 Å². The molecule has 1 amide bonds. The number of hydrogen-bond donors (Lipinski definition) is 1. The lowest BCUT2D eigenvalue weighted by molar-refractivity contribution is -0.136. The molecule has 3 nitrogen and oxygen atoms in total. The van der Waals surface area contributed by atoms with Crippen LogP contribution in [-0.4, -0.2) is 30.4 Å². The van der Waals surface area contributed by atoms with Crippen LogP contribution in [0.1, 0.15) is 68.2 Å². The minimum absolute atomic E-state index is 0. The van der Waals surface area contributed by atoms with Gasteiger partial charge in [-0.15, -0.1) is 12.4 Å². The zero-order valence-electron chi connectivity index (χ0n) is 16.6. The van der Waals surface area contributed by atoms with Crippen LogP contribution in [0.15, 0.2) is 18.2 Å². The summed E-state index contributed by atoms with van der Waals surface area (Å²) in [5.74, 6) is 1.57. The molecule has 1 N–H and O–H groups in total. The highest BCUT2D eigenvalue weighted by molar-refractivity contribution is 5.85. The van der Waals surface area contributed by atoms with Crippen molar-refractivity contribution in [2.24, 2.45) is 11.8 Å². The molecule has 0 spiro atoms. The molecule has 4 heteroatoms. The number of nitrogens with one attached hydrogen (secondary N) is 1. The van der Waals surface area contributed by atoms with Crippen molar-refractivity contribution in [3.8, 4) is 0 Å². The van der Waals surface area contributed by atoms with Gasteiger partial charge in [-0.25, -0.2) is 0 Å². The Kier molecular flexibility index (Phi) is 7.97. The zero-order valence-corrected chi connectivity index (χ0v) is 17.4. The number of carbonyl (C=O) groups excluding carboxylic acids is 1. The fraction of sp³-hybridized carbons (Fsp3) is 0.682. The molecular formula is C22H35ClN2O. The van der Waals surface area contributed by atoms with Crippen molar-refractivity contribution in [3.63, 3.8) is 0 Å². The summed E-state index contributed by atoms with van der Waals surface area (Å²) >= 11 is 0. The second kappa shape index (κ2) is 9.75. The first-order valence-corrected chi connectivity index (χ1v) is 10.1. The van der Waals surface area contributed by atoms with Gasteiger partial charge in [-0.2, -0.15) is 0 Å². The average molecular weight is 379 g/mol. The predicted molar refractivity (Wildman–Crippen MR) is 111 cm³/mol. The molecule has 2 atom stereocenters. The Hall–Kier alpha value is -1.06. The van der Waals surface area contributed by atoms with Crippen molar-refractivity contribution in [2.45, 2.75) is 65.3 Å². The maximum Gasteiger partial charge on any atom is 0.223 e. The van der Waals surface area contributed by atoms with E-state index in [-0.39, 0.29) is 18.4 Å². The van der Waals surface area contributed by atoms with E-state index in [1.165, 1.54) is 36.0 Å². The number of aryl methyl sites for hydroxylation is 1. The van der Waals surface area contributed by atoms with Crippen molar-refractivity contribution in [1.29, 1.82) is 0 Å². The molecule has 146 valence electrons. The second-order valence-electron chi connectivity index (χ2n) is 8.16. The van der Waals surface area contributed by atoms with E-state index in [9.17, 15) is 4.79 Å². The van der Waals surface area contributed by atoms with E-state index in [0.29, 0.717) is 24.2 Å². The summed E-state index contributed by atoms with van der Waals surface area (Å²) in [5.41, 5.74) is 4.06. The average Bonchev–Trinajstić information content (AvgIpc) is 2.64. The highest BCUT2D eigenvalue weighted by Crippen LogP contribution is 2.35. The summed E-state index contributed by atoms with van der Waals surface area (Å²) in [6.07, 6.45) is 6.63. The van der Waals surface area contributed by atoms with Crippen LogP contribution >= 0.6 is 12.4 Å². The van der Waals surface area contributed by atoms with Gasteiger partial charge in [0, 0.05) is 13.0 Å². The van der Waals surface area contributed by atoms with Gasteiger partial charge in [0.1, 0.15) is 0 Å². The third-order valence-electron chi connectivity index (χ3n) is 6.51. The van der Waals surface area contributed by atoms with E-state index in [1.54, 1.807) is 0 Å². The zero-order chi connectivity index (χ0) is 17.8. The van der Waals surface area contributed by atoms with Crippen LogP contribution in [0.25, 0.3) is 0 Å². The third-order valence-corrected chi connectivity index (χ3v) is 6.51. The van der Waals surface area contributed by atoms with E-state index < -0.39 is 0 Å². The number of hydrogen-bond acceptors (Lipinski definition) is 2. The first-order chi connectivity index (χ1) is 12.1. The molecule has 2 unspecified atom stereocenters. The van der Waals surface area contributed by atoms with Crippen molar-refractivity contribution in [2.75, 3.05) is 19.6 Å². The molecule has 0 radical (unpaired) electrons. The molecule has 3 rings (SSSR count). The summed E-state index contributed by atoms with van der Waals surface area (Å²) in [4.78, 5) is 15.3. The van der Waals surface area contributed by atoms with Crippen LogP contribution in [0.5, 0.6) is 0 Å². The number of piperidine rings is 2. The van der Waals surface area contributed by atoms with Gasteiger partial charge in [-0.1, -0.05) is 25.1 Å². The molecule has 0 bridgehead atoms.